The molecule has 0 fully saturated rings. The molecule has 0 atom stereocenters. The molecule has 0 aliphatic rings. The van der Waals surface area contributed by atoms with E-state index < -0.39 is 25.4 Å². The van der Waals surface area contributed by atoms with Gasteiger partial charge in [-0.05, 0) is 18.9 Å². The van der Waals surface area contributed by atoms with Gasteiger partial charge >= 0.3 is 13.3 Å². The smallest absolute Gasteiger partial charge is 0.351 e. The Morgan fingerprint density at radius 1 is 1.43 bits per heavy atom. The third kappa shape index (κ3) is 4.90. The second-order valence-electron chi connectivity index (χ2n) is 4.42. The van der Waals surface area contributed by atoms with Gasteiger partial charge in [0.15, 0.2) is 18.9 Å². The summed E-state index contributed by atoms with van der Waals surface area (Å²) in [6.45, 7) is 3.27. The molecule has 1 aromatic heterocycles. The number of nitrogens with two attached hydrogens (primary N) is 1. The highest BCUT2D eigenvalue weighted by Gasteiger charge is 2.31. The minimum atomic E-state index is -4.25. The van der Waals surface area contributed by atoms with Crippen LogP contribution < -0.4 is 11.4 Å². The first kappa shape index (κ1) is 17.8. The largest absolute Gasteiger partial charge is 0.383 e. The fourth-order valence-corrected chi connectivity index (χ4v) is 2.21. The average Bonchev–Trinajstić information content (AvgIpc) is 2.39. The van der Waals surface area contributed by atoms with Crippen LogP contribution in [0.1, 0.15) is 26.7 Å². The van der Waals surface area contributed by atoms with Crippen molar-refractivity contribution in [1.29, 1.82) is 0 Å². The Kier molecular flexibility index (Phi) is 6.06. The van der Waals surface area contributed by atoms with Gasteiger partial charge in [-0.2, -0.15) is 4.98 Å². The third-order valence-electron chi connectivity index (χ3n) is 3.04. The fraction of sp³-hybridized carbons (Fsp3) is 0.636. The molecule has 0 radical (unpaired) electrons. The van der Waals surface area contributed by atoms with Crippen molar-refractivity contribution in [2.24, 2.45) is 0 Å². The zero-order valence-electron chi connectivity index (χ0n) is 11.9. The topological polar surface area (TPSA) is 137 Å². The van der Waals surface area contributed by atoms with Crippen molar-refractivity contribution in [3.05, 3.63) is 22.7 Å². The molecule has 9 nitrogen and oxygen atoms in total. The van der Waals surface area contributed by atoms with Crippen LogP contribution >= 0.6 is 7.60 Å². The van der Waals surface area contributed by atoms with Gasteiger partial charge in [0.2, 0.25) is 0 Å². The quantitative estimate of drug-likeness (QED) is 0.356. The monoisotopic (exact) mass is 321 g/mol. The maximum Gasteiger partial charge on any atom is 0.351 e. The van der Waals surface area contributed by atoms with E-state index in [2.05, 4.69) is 4.98 Å². The molecule has 0 amide bonds. The van der Waals surface area contributed by atoms with E-state index in [1.807, 2.05) is 13.8 Å². The lowest BCUT2D eigenvalue weighted by Gasteiger charge is -2.33. The zero-order valence-corrected chi connectivity index (χ0v) is 12.8. The van der Waals surface area contributed by atoms with Gasteiger partial charge in [0.25, 0.3) is 0 Å². The minimum absolute atomic E-state index is 0.107. The predicted octanol–water partition coefficient (Wildman–Crippen LogP) is 0.424. The summed E-state index contributed by atoms with van der Waals surface area (Å²) in [4.78, 5) is 33.0. The third-order valence-corrected chi connectivity index (χ3v) is 3.56. The van der Waals surface area contributed by atoms with Crippen LogP contribution in [0.2, 0.25) is 0 Å². The van der Waals surface area contributed by atoms with E-state index in [4.69, 9.17) is 25.0 Å². The molecule has 0 aromatic carbocycles. The van der Waals surface area contributed by atoms with Gasteiger partial charge in [0, 0.05) is 6.20 Å². The lowest BCUT2D eigenvalue weighted by Crippen LogP contribution is -2.43. The van der Waals surface area contributed by atoms with E-state index in [0.29, 0.717) is 12.8 Å². The highest BCUT2D eigenvalue weighted by molar-refractivity contribution is 7.51. The van der Waals surface area contributed by atoms with E-state index in [0.717, 1.165) is 0 Å². The molecule has 1 rings (SSSR count). The number of nitrogens with zero attached hydrogens (tertiary/aromatic N) is 2. The Labute approximate surface area is 121 Å². The first-order chi connectivity index (χ1) is 9.74. The van der Waals surface area contributed by atoms with Crippen LogP contribution in [0.5, 0.6) is 0 Å². The summed E-state index contributed by atoms with van der Waals surface area (Å²) in [6, 6.07) is 1.47. The lowest BCUT2D eigenvalue weighted by atomic mass is 10.1. The van der Waals surface area contributed by atoms with Gasteiger partial charge in [0.05, 0.1) is 0 Å². The second-order valence-corrected chi connectivity index (χ2v) is 6.01. The molecule has 0 aliphatic heterocycles. The van der Waals surface area contributed by atoms with Crippen molar-refractivity contribution in [2.75, 3.05) is 18.9 Å². The van der Waals surface area contributed by atoms with Crippen LogP contribution in [-0.4, -0.2) is 32.5 Å². The summed E-state index contributed by atoms with van der Waals surface area (Å²) in [7, 11) is -4.25. The van der Waals surface area contributed by atoms with Crippen molar-refractivity contribution in [3.63, 3.8) is 0 Å². The van der Waals surface area contributed by atoms with E-state index in [9.17, 15) is 9.36 Å². The van der Waals surface area contributed by atoms with Gasteiger partial charge < -0.3 is 25.0 Å². The molecule has 0 saturated heterocycles. The molecule has 1 aromatic rings. The summed E-state index contributed by atoms with van der Waals surface area (Å²) in [5, 5.41) is 0. The summed E-state index contributed by atoms with van der Waals surface area (Å²) in [5.41, 5.74) is 3.88. The van der Waals surface area contributed by atoms with Crippen LogP contribution in [0.4, 0.5) is 5.82 Å². The van der Waals surface area contributed by atoms with Crippen LogP contribution in [0.3, 0.4) is 0 Å². The Morgan fingerprint density at radius 2 is 2.05 bits per heavy atom. The highest BCUT2D eigenvalue weighted by Crippen LogP contribution is 2.34. The van der Waals surface area contributed by atoms with Gasteiger partial charge in [-0.15, -0.1) is 0 Å². The van der Waals surface area contributed by atoms with Gasteiger partial charge in [0.1, 0.15) is 5.82 Å². The van der Waals surface area contributed by atoms with Crippen molar-refractivity contribution >= 4 is 13.4 Å². The average molecular weight is 321 g/mol. The van der Waals surface area contributed by atoms with Crippen LogP contribution in [0.25, 0.3) is 0 Å². The molecule has 10 heteroatoms. The van der Waals surface area contributed by atoms with Gasteiger partial charge in [-0.1, -0.05) is 13.8 Å². The summed E-state index contributed by atoms with van der Waals surface area (Å²) in [5.74, 6) is 0.107. The first-order valence-electron chi connectivity index (χ1n) is 6.36. The fourth-order valence-electron chi connectivity index (χ4n) is 1.90. The lowest BCUT2D eigenvalue weighted by molar-refractivity contribution is -0.183. The molecular formula is C11H20N3O6P. The van der Waals surface area contributed by atoms with Crippen molar-refractivity contribution < 1.29 is 23.8 Å². The molecule has 120 valence electrons. The second kappa shape index (κ2) is 7.15. The Bertz CT molecular complexity index is 565. The number of hydrogen-bond donors (Lipinski definition) is 3. The molecule has 4 N–H and O–H groups in total. The van der Waals surface area contributed by atoms with Crippen molar-refractivity contribution in [2.45, 2.75) is 32.4 Å². The molecule has 1 heterocycles. The van der Waals surface area contributed by atoms with Crippen LogP contribution in [-0.2, 0) is 19.8 Å². The van der Waals surface area contributed by atoms with Crippen LogP contribution in [0.15, 0.2) is 17.1 Å². The number of rotatable bonds is 8. The number of ether oxygens (including phenoxy) is 2. The van der Waals surface area contributed by atoms with E-state index in [-0.39, 0.29) is 12.6 Å². The molecule has 0 aliphatic carbocycles. The Balaban J connectivity index is 2.88. The maximum atomic E-state index is 11.9. The molecule has 21 heavy (non-hydrogen) atoms. The number of aromatic nitrogens is 2. The summed E-state index contributed by atoms with van der Waals surface area (Å²) in [6.07, 6.45) is 1.61. The van der Waals surface area contributed by atoms with E-state index in [1.165, 1.54) is 16.8 Å². The normalized spacial score (nSPS) is 12.6. The maximum absolute atomic E-state index is 11.9. The van der Waals surface area contributed by atoms with Gasteiger partial charge in [-0.3, -0.25) is 9.13 Å². The van der Waals surface area contributed by atoms with E-state index >= 15 is 0 Å². The highest BCUT2D eigenvalue weighted by atomic mass is 31.2. The SMILES string of the molecule is CCC(CC)(OCOCP(=O)(O)O)n1ccc(N)nc1=O. The Hall–Kier alpha value is -1.25. The zero-order chi connectivity index (χ0) is 16.1. The van der Waals surface area contributed by atoms with Crippen molar-refractivity contribution in [1.82, 2.24) is 9.55 Å². The molecule has 0 bridgehead atoms. The summed E-state index contributed by atoms with van der Waals surface area (Å²) < 4.78 is 22.3. The summed E-state index contributed by atoms with van der Waals surface area (Å²) >= 11 is 0. The number of hydrogen-bond acceptors (Lipinski definition) is 6. The molecule has 0 unspecified atom stereocenters. The van der Waals surface area contributed by atoms with Gasteiger partial charge in [-0.25, -0.2) is 4.79 Å². The van der Waals surface area contributed by atoms with E-state index in [1.54, 1.807) is 0 Å². The first-order valence-corrected chi connectivity index (χ1v) is 8.16. The predicted molar refractivity (Wildman–Crippen MR) is 75.4 cm³/mol. The molecular weight excluding hydrogens is 301 g/mol. The number of nitrogen functional groups attached to an aromatic ring is 1. The Morgan fingerprint density at radius 3 is 2.52 bits per heavy atom. The standard InChI is InChI=1S/C11H20N3O6P/c1-3-11(4-2,20-7-19-8-21(16,17)18)14-6-5-9(12)13-10(14)15/h5-6H,3-4,7-8H2,1-2H3,(H2,12,13,15)(H2,16,17,18). The van der Waals surface area contributed by atoms with Crippen molar-refractivity contribution in [3.8, 4) is 0 Å². The van der Waals surface area contributed by atoms with Crippen LogP contribution in [0, 0.1) is 0 Å². The molecule has 0 saturated carbocycles. The number of anilines is 1. The minimum Gasteiger partial charge on any atom is -0.383 e. The molecule has 0 spiro atoms.